The highest BCUT2D eigenvalue weighted by Gasteiger charge is 2.09. The zero-order valence-corrected chi connectivity index (χ0v) is 10.0. The summed E-state index contributed by atoms with van der Waals surface area (Å²) in [7, 11) is 0. The van der Waals surface area contributed by atoms with Crippen LogP contribution in [0.5, 0.6) is 0 Å². The lowest BCUT2D eigenvalue weighted by Crippen LogP contribution is -2.38. The van der Waals surface area contributed by atoms with Gasteiger partial charge in [0.05, 0.1) is 6.54 Å². The van der Waals surface area contributed by atoms with E-state index in [0.717, 1.165) is 0 Å². The van der Waals surface area contributed by atoms with Gasteiger partial charge in [0.2, 0.25) is 5.91 Å². The Bertz CT molecular complexity index is 398. The molecule has 0 aromatic carbocycles. The van der Waals surface area contributed by atoms with E-state index in [1.54, 1.807) is 0 Å². The number of nitrogens with two attached hydrogens (primary N) is 1. The molecule has 0 bridgehead atoms. The Balaban J connectivity index is 2.31. The number of anilines is 1. The van der Waals surface area contributed by atoms with E-state index < -0.39 is 0 Å². The molecule has 0 aliphatic carbocycles. The second-order valence-electron chi connectivity index (χ2n) is 4.23. The van der Waals surface area contributed by atoms with Crippen LogP contribution in [-0.2, 0) is 4.79 Å². The summed E-state index contributed by atoms with van der Waals surface area (Å²) < 4.78 is 0. The van der Waals surface area contributed by atoms with Crippen LogP contribution < -0.4 is 16.4 Å². The van der Waals surface area contributed by atoms with E-state index in [1.165, 1.54) is 12.3 Å². The molecule has 0 atom stereocenters. The summed E-state index contributed by atoms with van der Waals surface area (Å²) in [6.45, 7) is 4.57. The first kappa shape index (κ1) is 13.1. The number of H-pyrrole nitrogens is 1. The molecule has 0 spiro atoms. The number of carbonyl (C=O) groups excluding carboxylic acids is 2. The fourth-order valence-corrected chi connectivity index (χ4v) is 1.18. The van der Waals surface area contributed by atoms with Crippen molar-refractivity contribution in [1.29, 1.82) is 0 Å². The van der Waals surface area contributed by atoms with Crippen LogP contribution in [0, 0.1) is 5.92 Å². The van der Waals surface area contributed by atoms with Gasteiger partial charge in [-0.25, -0.2) is 0 Å². The van der Waals surface area contributed by atoms with Crippen LogP contribution in [0.15, 0.2) is 12.3 Å². The summed E-state index contributed by atoms with van der Waals surface area (Å²) in [5.41, 5.74) is 6.29. The number of rotatable bonds is 5. The standard InChI is InChI=1S/C11H18N4O2/c1-7(2)4-14-10(16)6-15-11(17)9-3-8(12)5-13-9/h3,5,7,13H,4,6,12H2,1-2H3,(H,14,16)(H,15,17). The van der Waals surface area contributed by atoms with Crippen molar-refractivity contribution in [2.45, 2.75) is 13.8 Å². The molecule has 1 aromatic heterocycles. The van der Waals surface area contributed by atoms with Crippen LogP contribution in [0.25, 0.3) is 0 Å². The summed E-state index contributed by atoms with van der Waals surface area (Å²) in [5.74, 6) is -0.161. The Hall–Kier alpha value is -1.98. The van der Waals surface area contributed by atoms with Gasteiger partial charge < -0.3 is 21.4 Å². The first-order chi connectivity index (χ1) is 7.99. The molecule has 6 nitrogen and oxygen atoms in total. The molecule has 6 heteroatoms. The van der Waals surface area contributed by atoms with E-state index in [4.69, 9.17) is 5.73 Å². The van der Waals surface area contributed by atoms with Gasteiger partial charge in [0.1, 0.15) is 5.69 Å². The molecule has 0 aliphatic heterocycles. The predicted molar refractivity (Wildman–Crippen MR) is 65.4 cm³/mol. The molecule has 0 unspecified atom stereocenters. The summed E-state index contributed by atoms with van der Waals surface area (Å²) in [5, 5.41) is 5.20. The minimum atomic E-state index is -0.346. The minimum absolute atomic E-state index is 0.0372. The van der Waals surface area contributed by atoms with Gasteiger partial charge in [-0.2, -0.15) is 0 Å². The molecule has 5 N–H and O–H groups in total. The highest BCUT2D eigenvalue weighted by Crippen LogP contribution is 2.03. The van der Waals surface area contributed by atoms with Crippen LogP contribution in [-0.4, -0.2) is 29.9 Å². The van der Waals surface area contributed by atoms with E-state index in [1.807, 2.05) is 13.8 Å². The van der Waals surface area contributed by atoms with Crippen molar-refractivity contribution in [3.8, 4) is 0 Å². The average Bonchev–Trinajstić information content (AvgIpc) is 2.70. The number of hydrogen-bond acceptors (Lipinski definition) is 3. The van der Waals surface area contributed by atoms with Crippen molar-refractivity contribution in [2.24, 2.45) is 5.92 Å². The lowest BCUT2D eigenvalue weighted by Gasteiger charge is -2.08. The highest BCUT2D eigenvalue weighted by molar-refractivity contribution is 5.95. The maximum atomic E-state index is 11.5. The molecule has 0 radical (unpaired) electrons. The molecule has 0 aliphatic rings. The SMILES string of the molecule is CC(C)CNC(=O)CNC(=O)c1cc(N)c[nH]1. The maximum Gasteiger partial charge on any atom is 0.268 e. The van der Waals surface area contributed by atoms with Crippen molar-refractivity contribution in [1.82, 2.24) is 15.6 Å². The summed E-state index contributed by atoms with van der Waals surface area (Å²) in [4.78, 5) is 25.6. The van der Waals surface area contributed by atoms with Crippen molar-refractivity contribution in [2.75, 3.05) is 18.8 Å². The molecule has 17 heavy (non-hydrogen) atoms. The molecular weight excluding hydrogens is 220 g/mol. The molecule has 0 saturated heterocycles. The highest BCUT2D eigenvalue weighted by atomic mass is 16.2. The van der Waals surface area contributed by atoms with Crippen molar-refractivity contribution < 1.29 is 9.59 Å². The van der Waals surface area contributed by atoms with E-state index in [0.29, 0.717) is 23.8 Å². The molecule has 2 amide bonds. The van der Waals surface area contributed by atoms with Gasteiger partial charge in [0.25, 0.3) is 5.91 Å². The lowest BCUT2D eigenvalue weighted by molar-refractivity contribution is -0.120. The smallest absolute Gasteiger partial charge is 0.268 e. The van der Waals surface area contributed by atoms with Crippen LogP contribution in [0.1, 0.15) is 24.3 Å². The molecule has 1 rings (SSSR count). The van der Waals surface area contributed by atoms with Gasteiger partial charge >= 0.3 is 0 Å². The van der Waals surface area contributed by atoms with E-state index in [9.17, 15) is 9.59 Å². The van der Waals surface area contributed by atoms with Crippen molar-refractivity contribution in [3.05, 3.63) is 18.0 Å². The van der Waals surface area contributed by atoms with E-state index in [-0.39, 0.29) is 18.4 Å². The van der Waals surface area contributed by atoms with Gasteiger partial charge in [0.15, 0.2) is 0 Å². The molecular formula is C11H18N4O2. The second kappa shape index (κ2) is 5.93. The Morgan fingerprint density at radius 1 is 1.41 bits per heavy atom. The fraction of sp³-hybridized carbons (Fsp3) is 0.455. The van der Waals surface area contributed by atoms with Crippen molar-refractivity contribution >= 4 is 17.5 Å². The monoisotopic (exact) mass is 238 g/mol. The van der Waals surface area contributed by atoms with Crippen LogP contribution >= 0.6 is 0 Å². The van der Waals surface area contributed by atoms with Gasteiger partial charge in [-0.05, 0) is 12.0 Å². The minimum Gasteiger partial charge on any atom is -0.397 e. The van der Waals surface area contributed by atoms with Crippen LogP contribution in [0.2, 0.25) is 0 Å². The summed E-state index contributed by atoms with van der Waals surface area (Å²) >= 11 is 0. The number of amides is 2. The second-order valence-corrected chi connectivity index (χ2v) is 4.23. The first-order valence-electron chi connectivity index (χ1n) is 5.48. The Morgan fingerprint density at radius 2 is 2.12 bits per heavy atom. The average molecular weight is 238 g/mol. The third kappa shape index (κ3) is 4.58. The van der Waals surface area contributed by atoms with Crippen LogP contribution in [0.3, 0.4) is 0 Å². The molecule has 94 valence electrons. The molecule has 1 aromatic rings. The van der Waals surface area contributed by atoms with Gasteiger partial charge in [0, 0.05) is 18.4 Å². The number of hydrogen-bond donors (Lipinski definition) is 4. The first-order valence-corrected chi connectivity index (χ1v) is 5.48. The molecule has 0 saturated carbocycles. The molecule has 0 fully saturated rings. The van der Waals surface area contributed by atoms with E-state index >= 15 is 0 Å². The van der Waals surface area contributed by atoms with Crippen molar-refractivity contribution in [3.63, 3.8) is 0 Å². The van der Waals surface area contributed by atoms with Gasteiger partial charge in [-0.3, -0.25) is 9.59 Å². The van der Waals surface area contributed by atoms with Gasteiger partial charge in [-0.1, -0.05) is 13.8 Å². The number of aromatic amines is 1. The van der Waals surface area contributed by atoms with Crippen LogP contribution in [0.4, 0.5) is 5.69 Å². The number of nitrogens with one attached hydrogen (secondary N) is 3. The third-order valence-electron chi connectivity index (χ3n) is 2.07. The zero-order valence-electron chi connectivity index (χ0n) is 10.0. The Labute approximate surface area is 100.0 Å². The number of nitrogen functional groups attached to an aromatic ring is 1. The normalized spacial score (nSPS) is 10.3. The quantitative estimate of drug-likeness (QED) is 0.585. The molecule has 1 heterocycles. The zero-order chi connectivity index (χ0) is 12.8. The number of carbonyl (C=O) groups is 2. The summed E-state index contributed by atoms with van der Waals surface area (Å²) in [6, 6.07) is 1.52. The lowest BCUT2D eigenvalue weighted by atomic mass is 10.2. The predicted octanol–water partition coefficient (Wildman–Crippen LogP) is 0.0989. The maximum absolute atomic E-state index is 11.5. The summed E-state index contributed by atoms with van der Waals surface area (Å²) in [6.07, 6.45) is 1.52. The number of aromatic nitrogens is 1. The van der Waals surface area contributed by atoms with E-state index in [2.05, 4.69) is 15.6 Å². The third-order valence-corrected chi connectivity index (χ3v) is 2.07. The Kier molecular flexibility index (Phi) is 4.56. The Morgan fingerprint density at radius 3 is 2.65 bits per heavy atom. The topological polar surface area (TPSA) is 100 Å². The van der Waals surface area contributed by atoms with Gasteiger partial charge in [-0.15, -0.1) is 0 Å². The fourth-order valence-electron chi connectivity index (χ4n) is 1.18. The largest absolute Gasteiger partial charge is 0.397 e.